The van der Waals surface area contributed by atoms with Crippen LogP contribution in [0.5, 0.6) is 0 Å². The highest BCUT2D eigenvalue weighted by atomic mass is 127. The van der Waals surface area contributed by atoms with Crippen LogP contribution >= 0.6 is 38.5 Å². The minimum atomic E-state index is -0.206. The highest BCUT2D eigenvalue weighted by Crippen LogP contribution is 2.31. The number of aryl methyl sites for hydroxylation is 1. The average Bonchev–Trinajstić information content (AvgIpc) is 2.38. The number of hydrogen-bond donors (Lipinski definition) is 1. The summed E-state index contributed by atoms with van der Waals surface area (Å²) >= 11 is 5.86. The summed E-state index contributed by atoms with van der Waals surface area (Å²) in [7, 11) is 1.89. The zero-order valence-electron chi connectivity index (χ0n) is 10.7. The molecule has 2 aromatic carbocycles. The largest absolute Gasteiger partial charge is 0.309 e. The molecule has 0 saturated carbocycles. The lowest BCUT2D eigenvalue weighted by atomic mass is 9.95. The van der Waals surface area contributed by atoms with Crippen molar-refractivity contribution in [3.63, 3.8) is 0 Å². The molecule has 100 valence electrons. The molecule has 0 amide bonds. The summed E-state index contributed by atoms with van der Waals surface area (Å²) in [5.41, 5.74) is 3.15. The van der Waals surface area contributed by atoms with Crippen LogP contribution in [0.4, 0.5) is 4.39 Å². The molecule has 2 rings (SSSR count). The van der Waals surface area contributed by atoms with Crippen LogP contribution in [-0.4, -0.2) is 7.05 Å². The molecule has 0 aliphatic heterocycles. The van der Waals surface area contributed by atoms with E-state index < -0.39 is 0 Å². The van der Waals surface area contributed by atoms with E-state index in [1.54, 1.807) is 6.07 Å². The monoisotopic (exact) mass is 433 g/mol. The average molecular weight is 434 g/mol. The first kappa shape index (κ1) is 14.9. The minimum absolute atomic E-state index is 0.0280. The van der Waals surface area contributed by atoms with Gasteiger partial charge < -0.3 is 5.32 Å². The van der Waals surface area contributed by atoms with Gasteiger partial charge in [0, 0.05) is 8.04 Å². The van der Waals surface area contributed by atoms with E-state index in [4.69, 9.17) is 0 Å². The molecular weight excluding hydrogens is 420 g/mol. The molecule has 0 spiro atoms. The summed E-state index contributed by atoms with van der Waals surface area (Å²) in [6.45, 7) is 2.00. The quantitative estimate of drug-likeness (QED) is 0.685. The van der Waals surface area contributed by atoms with E-state index in [-0.39, 0.29) is 11.9 Å². The molecule has 1 unspecified atom stereocenters. The summed E-state index contributed by atoms with van der Waals surface area (Å²) in [5.74, 6) is -0.206. The van der Waals surface area contributed by atoms with Gasteiger partial charge in [0.05, 0.1) is 6.04 Å². The Bertz CT molecular complexity index is 549. The maximum atomic E-state index is 13.5. The van der Waals surface area contributed by atoms with Crippen molar-refractivity contribution in [3.05, 3.63) is 66.9 Å². The molecule has 0 fully saturated rings. The van der Waals surface area contributed by atoms with Crippen molar-refractivity contribution >= 4 is 38.5 Å². The van der Waals surface area contributed by atoms with E-state index >= 15 is 0 Å². The molecule has 0 heterocycles. The molecule has 0 aliphatic carbocycles. The second-order valence-corrected chi connectivity index (χ2v) is 6.49. The Morgan fingerprint density at radius 2 is 1.89 bits per heavy atom. The van der Waals surface area contributed by atoms with E-state index in [9.17, 15) is 4.39 Å². The van der Waals surface area contributed by atoms with Crippen LogP contribution in [0.1, 0.15) is 22.7 Å². The Labute approximate surface area is 134 Å². The van der Waals surface area contributed by atoms with Crippen molar-refractivity contribution in [2.24, 2.45) is 0 Å². The number of halogens is 3. The molecule has 1 nitrogen and oxygen atoms in total. The third kappa shape index (κ3) is 3.35. The first-order valence-corrected chi connectivity index (χ1v) is 7.78. The van der Waals surface area contributed by atoms with Gasteiger partial charge in [-0.05, 0) is 83.6 Å². The van der Waals surface area contributed by atoms with Gasteiger partial charge in [-0.2, -0.15) is 0 Å². The smallest absolute Gasteiger partial charge is 0.123 e. The zero-order valence-corrected chi connectivity index (χ0v) is 14.4. The number of hydrogen-bond acceptors (Lipinski definition) is 1. The summed E-state index contributed by atoms with van der Waals surface area (Å²) < 4.78 is 15.7. The highest BCUT2D eigenvalue weighted by molar-refractivity contribution is 14.1. The number of benzene rings is 2. The Balaban J connectivity index is 2.55. The lowest BCUT2D eigenvalue weighted by Crippen LogP contribution is -2.19. The Morgan fingerprint density at radius 3 is 2.58 bits per heavy atom. The summed E-state index contributed by atoms with van der Waals surface area (Å²) in [5, 5.41) is 3.27. The first-order chi connectivity index (χ1) is 9.02. The predicted octanol–water partition coefficient (Wildman–Crippen LogP) is 4.81. The lowest BCUT2D eigenvalue weighted by Gasteiger charge is -2.21. The second kappa shape index (κ2) is 6.33. The molecular formula is C15H14BrFIN. The van der Waals surface area contributed by atoms with Gasteiger partial charge in [0.25, 0.3) is 0 Å². The van der Waals surface area contributed by atoms with Gasteiger partial charge in [0.1, 0.15) is 5.82 Å². The Hall–Kier alpha value is -0.460. The highest BCUT2D eigenvalue weighted by Gasteiger charge is 2.17. The second-order valence-electron chi connectivity index (χ2n) is 4.39. The van der Waals surface area contributed by atoms with Crippen molar-refractivity contribution in [2.75, 3.05) is 7.05 Å². The van der Waals surface area contributed by atoms with Crippen LogP contribution in [0.3, 0.4) is 0 Å². The standard InChI is InChI=1S/C15H14BrFIN/c1-9-3-4-10(17)7-12(9)15(19-2)13-8-11(18)5-6-14(13)16/h3-8,15,19H,1-2H3. The van der Waals surface area contributed by atoms with E-state index in [1.807, 2.05) is 32.2 Å². The topological polar surface area (TPSA) is 12.0 Å². The van der Waals surface area contributed by atoms with Crippen molar-refractivity contribution in [1.82, 2.24) is 5.32 Å². The van der Waals surface area contributed by atoms with Gasteiger partial charge in [-0.25, -0.2) is 4.39 Å². The van der Waals surface area contributed by atoms with E-state index in [2.05, 4.69) is 49.9 Å². The Morgan fingerprint density at radius 1 is 1.16 bits per heavy atom. The van der Waals surface area contributed by atoms with Gasteiger partial charge in [-0.1, -0.05) is 22.0 Å². The van der Waals surface area contributed by atoms with Gasteiger partial charge in [-0.3, -0.25) is 0 Å². The minimum Gasteiger partial charge on any atom is -0.309 e. The normalized spacial score (nSPS) is 12.5. The maximum absolute atomic E-state index is 13.5. The van der Waals surface area contributed by atoms with Crippen LogP contribution < -0.4 is 5.32 Å². The summed E-state index contributed by atoms with van der Waals surface area (Å²) in [4.78, 5) is 0. The molecule has 0 saturated heterocycles. The molecule has 0 radical (unpaired) electrons. The summed E-state index contributed by atoms with van der Waals surface area (Å²) in [6.07, 6.45) is 0. The van der Waals surface area contributed by atoms with Crippen molar-refractivity contribution in [3.8, 4) is 0 Å². The van der Waals surface area contributed by atoms with Crippen LogP contribution in [0.15, 0.2) is 40.9 Å². The van der Waals surface area contributed by atoms with Gasteiger partial charge in [0.15, 0.2) is 0 Å². The third-order valence-electron chi connectivity index (χ3n) is 3.11. The molecule has 2 aromatic rings. The van der Waals surface area contributed by atoms with Crippen LogP contribution in [0.2, 0.25) is 0 Å². The first-order valence-electron chi connectivity index (χ1n) is 5.91. The maximum Gasteiger partial charge on any atom is 0.123 e. The van der Waals surface area contributed by atoms with E-state index in [0.717, 1.165) is 24.7 Å². The van der Waals surface area contributed by atoms with Crippen LogP contribution in [0.25, 0.3) is 0 Å². The van der Waals surface area contributed by atoms with E-state index in [0.29, 0.717) is 0 Å². The molecule has 4 heteroatoms. The van der Waals surface area contributed by atoms with Gasteiger partial charge in [-0.15, -0.1) is 0 Å². The molecule has 0 aliphatic rings. The molecule has 0 aromatic heterocycles. The summed E-state index contributed by atoms with van der Waals surface area (Å²) in [6, 6.07) is 11.1. The number of nitrogens with one attached hydrogen (secondary N) is 1. The number of rotatable bonds is 3. The molecule has 1 N–H and O–H groups in total. The lowest BCUT2D eigenvalue weighted by molar-refractivity contribution is 0.614. The van der Waals surface area contributed by atoms with Crippen LogP contribution in [-0.2, 0) is 0 Å². The SMILES string of the molecule is CNC(c1cc(F)ccc1C)c1cc(I)ccc1Br. The van der Waals surface area contributed by atoms with Crippen LogP contribution in [0, 0.1) is 16.3 Å². The van der Waals surface area contributed by atoms with Crippen molar-refractivity contribution < 1.29 is 4.39 Å². The fraction of sp³-hybridized carbons (Fsp3) is 0.200. The van der Waals surface area contributed by atoms with Gasteiger partial charge in [0.2, 0.25) is 0 Å². The Kier molecular flexibility index (Phi) is 4.97. The fourth-order valence-corrected chi connectivity index (χ4v) is 3.13. The molecule has 0 bridgehead atoms. The van der Waals surface area contributed by atoms with Crippen molar-refractivity contribution in [1.29, 1.82) is 0 Å². The van der Waals surface area contributed by atoms with Gasteiger partial charge >= 0.3 is 0 Å². The fourth-order valence-electron chi connectivity index (χ4n) is 2.14. The van der Waals surface area contributed by atoms with Crippen molar-refractivity contribution in [2.45, 2.75) is 13.0 Å². The third-order valence-corrected chi connectivity index (χ3v) is 4.50. The zero-order chi connectivity index (χ0) is 14.0. The molecule has 1 atom stereocenters. The van der Waals surface area contributed by atoms with E-state index in [1.165, 1.54) is 6.07 Å². The predicted molar refractivity (Wildman–Crippen MR) is 88.9 cm³/mol. The molecule has 19 heavy (non-hydrogen) atoms.